The molecule has 1 saturated heterocycles. The van der Waals surface area contributed by atoms with E-state index in [1.807, 2.05) is 0 Å². The van der Waals surface area contributed by atoms with E-state index in [1.54, 1.807) is 21.3 Å². The van der Waals surface area contributed by atoms with Crippen LogP contribution in [0.4, 0.5) is 0 Å². The maximum absolute atomic E-state index is 5.62. The second-order valence-corrected chi connectivity index (χ2v) is 6.71. The van der Waals surface area contributed by atoms with Gasteiger partial charge >= 0.3 is 0 Å². The molecule has 1 heterocycles. The van der Waals surface area contributed by atoms with Gasteiger partial charge in [0.1, 0.15) is 0 Å². The van der Waals surface area contributed by atoms with Crippen LogP contribution in [0.3, 0.4) is 0 Å². The third-order valence-corrected chi connectivity index (χ3v) is 4.99. The SMILES string of the molecule is CCCCCCCC(CCCCCC1CO1)C(OC)(OC)OC. The molecular weight excluding hydrogens is 292 g/mol. The van der Waals surface area contributed by atoms with Crippen LogP contribution in [-0.2, 0) is 18.9 Å². The van der Waals surface area contributed by atoms with Gasteiger partial charge in [0.15, 0.2) is 0 Å². The van der Waals surface area contributed by atoms with E-state index in [-0.39, 0.29) is 0 Å². The van der Waals surface area contributed by atoms with Gasteiger partial charge in [0.25, 0.3) is 5.97 Å². The van der Waals surface area contributed by atoms with E-state index >= 15 is 0 Å². The molecule has 4 nitrogen and oxygen atoms in total. The topological polar surface area (TPSA) is 40.2 Å². The first-order valence-electron chi connectivity index (χ1n) is 9.49. The van der Waals surface area contributed by atoms with Crippen molar-refractivity contribution in [2.45, 2.75) is 89.6 Å². The highest BCUT2D eigenvalue weighted by Gasteiger charge is 2.39. The maximum atomic E-state index is 5.62. The Bertz CT molecular complexity index is 266. The molecule has 0 aromatic rings. The van der Waals surface area contributed by atoms with Crippen LogP contribution < -0.4 is 0 Å². The van der Waals surface area contributed by atoms with Gasteiger partial charge in [0.2, 0.25) is 0 Å². The quantitative estimate of drug-likeness (QED) is 0.229. The predicted octanol–water partition coefficient (Wildman–Crippen LogP) is 4.91. The van der Waals surface area contributed by atoms with Crippen molar-refractivity contribution in [1.82, 2.24) is 0 Å². The van der Waals surface area contributed by atoms with E-state index in [0.29, 0.717) is 12.0 Å². The van der Waals surface area contributed by atoms with E-state index in [2.05, 4.69) is 6.92 Å². The second-order valence-electron chi connectivity index (χ2n) is 6.71. The first-order chi connectivity index (χ1) is 11.2. The Labute approximate surface area is 143 Å². The molecule has 138 valence electrons. The number of methoxy groups -OCH3 is 3. The Morgan fingerprint density at radius 1 is 0.870 bits per heavy atom. The van der Waals surface area contributed by atoms with E-state index in [4.69, 9.17) is 18.9 Å². The van der Waals surface area contributed by atoms with Gasteiger partial charge in [-0.15, -0.1) is 0 Å². The fourth-order valence-electron chi connectivity index (χ4n) is 3.42. The molecule has 23 heavy (non-hydrogen) atoms. The van der Waals surface area contributed by atoms with Crippen LogP contribution in [-0.4, -0.2) is 40.0 Å². The van der Waals surface area contributed by atoms with E-state index in [0.717, 1.165) is 19.4 Å². The summed E-state index contributed by atoms with van der Waals surface area (Å²) in [6.45, 7) is 3.22. The fraction of sp³-hybridized carbons (Fsp3) is 1.00. The number of hydrogen-bond acceptors (Lipinski definition) is 4. The predicted molar refractivity (Wildman–Crippen MR) is 93.4 cm³/mol. The Morgan fingerprint density at radius 2 is 1.39 bits per heavy atom. The van der Waals surface area contributed by atoms with E-state index in [9.17, 15) is 0 Å². The fourth-order valence-corrected chi connectivity index (χ4v) is 3.42. The summed E-state index contributed by atoms with van der Waals surface area (Å²) in [6.07, 6.45) is 14.1. The Hall–Kier alpha value is -0.160. The summed E-state index contributed by atoms with van der Waals surface area (Å²) in [4.78, 5) is 0. The molecule has 0 saturated carbocycles. The third kappa shape index (κ3) is 7.97. The summed E-state index contributed by atoms with van der Waals surface area (Å²) in [6, 6.07) is 0. The summed E-state index contributed by atoms with van der Waals surface area (Å²) in [5, 5.41) is 0. The molecule has 1 fully saturated rings. The van der Waals surface area contributed by atoms with Gasteiger partial charge in [-0.3, -0.25) is 0 Å². The standard InChI is InChI=1S/C19H38O4/c1-5-6-7-8-10-13-17(19(20-2,21-3)22-4)14-11-9-12-15-18-16-23-18/h17-18H,5-16H2,1-4H3. The van der Waals surface area contributed by atoms with Gasteiger partial charge in [-0.25, -0.2) is 0 Å². The van der Waals surface area contributed by atoms with Crippen molar-refractivity contribution in [2.24, 2.45) is 5.92 Å². The van der Waals surface area contributed by atoms with Gasteiger partial charge < -0.3 is 18.9 Å². The number of ether oxygens (including phenoxy) is 4. The number of rotatable bonds is 16. The molecule has 1 aliphatic heterocycles. The summed E-state index contributed by atoms with van der Waals surface area (Å²) >= 11 is 0. The Kier molecular flexibility index (Phi) is 11.1. The number of epoxide rings is 1. The second kappa shape index (κ2) is 12.2. The minimum Gasteiger partial charge on any atom is -0.373 e. The highest BCUT2D eigenvalue weighted by atomic mass is 16.9. The smallest absolute Gasteiger partial charge is 0.285 e. The molecule has 0 aliphatic carbocycles. The van der Waals surface area contributed by atoms with Gasteiger partial charge in [-0.05, 0) is 19.3 Å². The van der Waals surface area contributed by atoms with Gasteiger partial charge in [0, 0.05) is 27.2 Å². The van der Waals surface area contributed by atoms with Crippen LogP contribution in [0.15, 0.2) is 0 Å². The number of unbranched alkanes of at least 4 members (excludes halogenated alkanes) is 6. The van der Waals surface area contributed by atoms with Crippen molar-refractivity contribution >= 4 is 0 Å². The number of hydrogen-bond donors (Lipinski definition) is 0. The monoisotopic (exact) mass is 330 g/mol. The minimum absolute atomic E-state index is 0.293. The first kappa shape index (κ1) is 20.9. The Balaban J connectivity index is 2.35. The third-order valence-electron chi connectivity index (χ3n) is 4.99. The molecule has 0 spiro atoms. The summed E-state index contributed by atoms with van der Waals surface area (Å²) in [5.74, 6) is -0.592. The highest BCUT2D eigenvalue weighted by Crippen LogP contribution is 2.33. The van der Waals surface area contributed by atoms with Crippen LogP contribution in [0.25, 0.3) is 0 Å². The molecule has 4 heteroatoms. The minimum atomic E-state index is -0.885. The molecule has 1 aliphatic rings. The normalized spacial score (nSPS) is 19.0. The lowest BCUT2D eigenvalue weighted by atomic mass is 9.91. The van der Waals surface area contributed by atoms with Gasteiger partial charge in [-0.1, -0.05) is 58.3 Å². The molecular formula is C19H38O4. The lowest BCUT2D eigenvalue weighted by Crippen LogP contribution is -2.44. The van der Waals surface area contributed by atoms with Crippen molar-refractivity contribution in [2.75, 3.05) is 27.9 Å². The average molecular weight is 331 g/mol. The molecule has 0 amide bonds. The molecule has 0 aromatic heterocycles. The van der Waals surface area contributed by atoms with Gasteiger partial charge in [0.05, 0.1) is 12.7 Å². The van der Waals surface area contributed by atoms with Crippen molar-refractivity contribution in [3.05, 3.63) is 0 Å². The highest BCUT2D eigenvalue weighted by molar-refractivity contribution is 4.73. The molecule has 0 radical (unpaired) electrons. The molecule has 0 bridgehead atoms. The zero-order chi connectivity index (χ0) is 17.0. The zero-order valence-corrected chi connectivity index (χ0v) is 15.8. The first-order valence-corrected chi connectivity index (χ1v) is 9.49. The summed E-state index contributed by atoms with van der Waals surface area (Å²) < 4.78 is 22.1. The zero-order valence-electron chi connectivity index (χ0n) is 15.8. The van der Waals surface area contributed by atoms with Crippen molar-refractivity contribution < 1.29 is 18.9 Å². The summed E-state index contributed by atoms with van der Waals surface area (Å²) in [7, 11) is 5.05. The molecule has 1 rings (SSSR count). The van der Waals surface area contributed by atoms with Crippen LogP contribution >= 0.6 is 0 Å². The molecule has 2 atom stereocenters. The maximum Gasteiger partial charge on any atom is 0.285 e. The van der Waals surface area contributed by atoms with Gasteiger partial charge in [-0.2, -0.15) is 0 Å². The molecule has 0 N–H and O–H groups in total. The lowest BCUT2D eigenvalue weighted by Gasteiger charge is -2.36. The lowest BCUT2D eigenvalue weighted by molar-refractivity contribution is -0.380. The van der Waals surface area contributed by atoms with Crippen LogP contribution in [0.5, 0.6) is 0 Å². The van der Waals surface area contributed by atoms with Crippen LogP contribution in [0.2, 0.25) is 0 Å². The van der Waals surface area contributed by atoms with Crippen molar-refractivity contribution in [1.29, 1.82) is 0 Å². The summed E-state index contributed by atoms with van der Waals surface area (Å²) in [5.41, 5.74) is 0. The Morgan fingerprint density at radius 3 is 1.87 bits per heavy atom. The van der Waals surface area contributed by atoms with Crippen molar-refractivity contribution in [3.63, 3.8) is 0 Å². The molecule has 0 aromatic carbocycles. The average Bonchev–Trinajstić information content (AvgIpc) is 3.40. The molecule has 2 unspecified atom stereocenters. The van der Waals surface area contributed by atoms with E-state index < -0.39 is 5.97 Å². The largest absolute Gasteiger partial charge is 0.373 e. The van der Waals surface area contributed by atoms with Crippen LogP contribution in [0.1, 0.15) is 77.6 Å². The van der Waals surface area contributed by atoms with E-state index in [1.165, 1.54) is 57.8 Å². The van der Waals surface area contributed by atoms with Crippen LogP contribution in [0, 0.1) is 5.92 Å². The van der Waals surface area contributed by atoms with Crippen molar-refractivity contribution in [3.8, 4) is 0 Å².